The second-order valence-electron chi connectivity index (χ2n) is 3.51. The highest BCUT2D eigenvalue weighted by atomic mass is 79.9. The summed E-state index contributed by atoms with van der Waals surface area (Å²) in [7, 11) is 1.63. The Morgan fingerprint density at radius 1 is 1.29 bits per heavy atom. The molecule has 17 heavy (non-hydrogen) atoms. The molecular weight excluding hydrogens is 350 g/mol. The number of ether oxygens (including phenoxy) is 1. The summed E-state index contributed by atoms with van der Waals surface area (Å²) < 4.78 is 7.07. The predicted molar refractivity (Wildman–Crippen MR) is 75.0 cm³/mol. The zero-order chi connectivity index (χ0) is 12.4. The van der Waals surface area contributed by atoms with Gasteiger partial charge in [0.2, 0.25) is 5.95 Å². The molecule has 0 aliphatic carbocycles. The molecule has 1 aromatic heterocycles. The average molecular weight is 361 g/mol. The number of aryl methyl sites for hydroxylation is 1. The van der Waals surface area contributed by atoms with E-state index in [4.69, 9.17) is 4.74 Å². The van der Waals surface area contributed by atoms with Crippen LogP contribution in [0.4, 0.5) is 11.6 Å². The lowest BCUT2D eigenvalue weighted by molar-refractivity contribution is 0.412. The van der Waals surface area contributed by atoms with E-state index in [1.165, 1.54) is 0 Å². The second kappa shape index (κ2) is 5.10. The molecular formula is C11H11Br2N3O. The Balaban J connectivity index is 2.32. The summed E-state index contributed by atoms with van der Waals surface area (Å²) in [5.74, 6) is 1.46. The molecule has 0 radical (unpaired) electrons. The second-order valence-corrected chi connectivity index (χ2v) is 5.22. The molecule has 1 heterocycles. The summed E-state index contributed by atoms with van der Waals surface area (Å²) in [6.45, 7) is 1.95. The number of anilines is 2. The van der Waals surface area contributed by atoms with Gasteiger partial charge in [0, 0.05) is 22.4 Å². The van der Waals surface area contributed by atoms with Crippen molar-refractivity contribution < 1.29 is 4.74 Å². The SMILES string of the molecule is COc1cc(Nc2ncc(C)[nH]2)c(Br)cc1Br. The van der Waals surface area contributed by atoms with Gasteiger partial charge in [-0.05, 0) is 44.8 Å². The number of benzene rings is 1. The minimum Gasteiger partial charge on any atom is -0.495 e. The number of hydrogen-bond donors (Lipinski definition) is 2. The fourth-order valence-corrected chi connectivity index (χ4v) is 2.64. The van der Waals surface area contributed by atoms with E-state index in [1.807, 2.05) is 19.1 Å². The molecule has 0 fully saturated rings. The first-order valence-corrected chi connectivity index (χ1v) is 6.50. The number of halogens is 2. The molecule has 90 valence electrons. The molecule has 1 aromatic carbocycles. The Morgan fingerprint density at radius 2 is 2.06 bits per heavy atom. The smallest absolute Gasteiger partial charge is 0.204 e. The van der Waals surface area contributed by atoms with Crippen LogP contribution in [0.15, 0.2) is 27.3 Å². The molecule has 2 N–H and O–H groups in total. The molecule has 6 heteroatoms. The maximum atomic E-state index is 5.25. The number of methoxy groups -OCH3 is 1. The third-order valence-corrected chi connectivity index (χ3v) is 3.47. The predicted octanol–water partition coefficient (Wildman–Crippen LogP) is 4.00. The first kappa shape index (κ1) is 12.4. The van der Waals surface area contributed by atoms with Gasteiger partial charge in [0.05, 0.1) is 17.3 Å². The molecule has 0 amide bonds. The molecule has 0 atom stereocenters. The Bertz CT molecular complexity index is 540. The lowest BCUT2D eigenvalue weighted by Crippen LogP contribution is -1.95. The molecule has 0 aliphatic heterocycles. The average Bonchev–Trinajstić information content (AvgIpc) is 2.68. The molecule has 0 saturated heterocycles. The van der Waals surface area contributed by atoms with Gasteiger partial charge in [-0.2, -0.15) is 0 Å². The van der Waals surface area contributed by atoms with Crippen molar-refractivity contribution in [3.63, 3.8) is 0 Å². The van der Waals surface area contributed by atoms with Crippen LogP contribution in [0.25, 0.3) is 0 Å². The maximum Gasteiger partial charge on any atom is 0.204 e. The first-order chi connectivity index (χ1) is 8.10. The molecule has 0 unspecified atom stereocenters. The van der Waals surface area contributed by atoms with Crippen LogP contribution in [0.3, 0.4) is 0 Å². The van der Waals surface area contributed by atoms with Crippen molar-refractivity contribution in [3.8, 4) is 5.75 Å². The summed E-state index contributed by atoms with van der Waals surface area (Å²) in [4.78, 5) is 7.30. The van der Waals surface area contributed by atoms with Crippen LogP contribution in [-0.2, 0) is 0 Å². The van der Waals surface area contributed by atoms with Gasteiger partial charge in [0.25, 0.3) is 0 Å². The quantitative estimate of drug-likeness (QED) is 0.869. The summed E-state index contributed by atoms with van der Waals surface area (Å²) in [5.41, 5.74) is 1.90. The third-order valence-electron chi connectivity index (χ3n) is 2.20. The molecule has 0 saturated carbocycles. The van der Waals surface area contributed by atoms with Crippen LogP contribution < -0.4 is 10.1 Å². The fourth-order valence-electron chi connectivity index (χ4n) is 1.39. The van der Waals surface area contributed by atoms with Gasteiger partial charge in [0.1, 0.15) is 5.75 Å². The highest BCUT2D eigenvalue weighted by Gasteiger charge is 2.08. The molecule has 2 rings (SSSR count). The van der Waals surface area contributed by atoms with Crippen molar-refractivity contribution in [2.75, 3.05) is 12.4 Å². The van der Waals surface area contributed by atoms with E-state index in [2.05, 4.69) is 47.1 Å². The van der Waals surface area contributed by atoms with Gasteiger partial charge in [-0.3, -0.25) is 0 Å². The van der Waals surface area contributed by atoms with Gasteiger partial charge in [-0.15, -0.1) is 0 Å². The van der Waals surface area contributed by atoms with E-state index in [1.54, 1.807) is 13.3 Å². The summed E-state index contributed by atoms with van der Waals surface area (Å²) >= 11 is 6.91. The molecule has 2 aromatic rings. The number of rotatable bonds is 3. The van der Waals surface area contributed by atoms with Crippen LogP contribution in [0.1, 0.15) is 5.69 Å². The number of H-pyrrole nitrogens is 1. The number of imidazole rings is 1. The van der Waals surface area contributed by atoms with E-state index >= 15 is 0 Å². The zero-order valence-corrected chi connectivity index (χ0v) is 12.5. The first-order valence-electron chi connectivity index (χ1n) is 4.92. The van der Waals surface area contributed by atoms with Crippen molar-refractivity contribution in [1.29, 1.82) is 0 Å². The topological polar surface area (TPSA) is 49.9 Å². The summed E-state index contributed by atoms with van der Waals surface area (Å²) in [6, 6.07) is 3.82. The van der Waals surface area contributed by atoms with Crippen molar-refractivity contribution in [3.05, 3.63) is 33.0 Å². The molecule has 4 nitrogen and oxygen atoms in total. The molecule has 0 bridgehead atoms. The van der Waals surface area contributed by atoms with Gasteiger partial charge in [-0.25, -0.2) is 4.98 Å². The molecule has 0 spiro atoms. The van der Waals surface area contributed by atoms with Crippen LogP contribution in [0.5, 0.6) is 5.75 Å². The Morgan fingerprint density at radius 3 is 2.65 bits per heavy atom. The zero-order valence-electron chi connectivity index (χ0n) is 9.34. The monoisotopic (exact) mass is 359 g/mol. The fraction of sp³-hybridized carbons (Fsp3) is 0.182. The third kappa shape index (κ3) is 2.81. The standard InChI is InChI=1S/C11H11Br2N3O/c1-6-5-14-11(15-6)16-9-4-10(17-2)8(13)3-7(9)12/h3-5H,1-2H3,(H2,14,15,16). The minimum absolute atomic E-state index is 0.701. The minimum atomic E-state index is 0.701. The number of nitrogens with one attached hydrogen (secondary N) is 2. The summed E-state index contributed by atoms with van der Waals surface area (Å²) in [6.07, 6.45) is 1.77. The van der Waals surface area contributed by atoms with Gasteiger partial charge in [-0.1, -0.05) is 0 Å². The van der Waals surface area contributed by atoms with E-state index in [9.17, 15) is 0 Å². The van der Waals surface area contributed by atoms with Crippen LogP contribution in [-0.4, -0.2) is 17.1 Å². The van der Waals surface area contributed by atoms with E-state index < -0.39 is 0 Å². The Hall–Kier alpha value is -1.01. The lowest BCUT2D eigenvalue weighted by Gasteiger charge is -2.10. The number of aromatic amines is 1. The van der Waals surface area contributed by atoms with Gasteiger partial charge >= 0.3 is 0 Å². The van der Waals surface area contributed by atoms with Crippen LogP contribution >= 0.6 is 31.9 Å². The van der Waals surface area contributed by atoms with Crippen LogP contribution in [0.2, 0.25) is 0 Å². The Labute approximate surface area is 116 Å². The van der Waals surface area contributed by atoms with E-state index in [0.717, 1.165) is 26.1 Å². The van der Waals surface area contributed by atoms with E-state index in [-0.39, 0.29) is 0 Å². The molecule has 0 aliphatic rings. The van der Waals surface area contributed by atoms with Crippen molar-refractivity contribution in [2.24, 2.45) is 0 Å². The van der Waals surface area contributed by atoms with Crippen molar-refractivity contribution in [1.82, 2.24) is 9.97 Å². The lowest BCUT2D eigenvalue weighted by atomic mass is 10.3. The van der Waals surface area contributed by atoms with Crippen LogP contribution in [0, 0.1) is 6.92 Å². The normalized spacial score (nSPS) is 10.4. The maximum absolute atomic E-state index is 5.25. The largest absolute Gasteiger partial charge is 0.495 e. The van der Waals surface area contributed by atoms with E-state index in [0.29, 0.717) is 5.95 Å². The highest BCUT2D eigenvalue weighted by Crippen LogP contribution is 2.35. The number of hydrogen-bond acceptors (Lipinski definition) is 3. The summed E-state index contributed by atoms with van der Waals surface area (Å²) in [5, 5.41) is 3.18. The van der Waals surface area contributed by atoms with Crippen molar-refractivity contribution in [2.45, 2.75) is 6.92 Å². The van der Waals surface area contributed by atoms with Gasteiger partial charge < -0.3 is 15.0 Å². The number of nitrogens with zero attached hydrogens (tertiary/aromatic N) is 1. The number of aromatic nitrogens is 2. The van der Waals surface area contributed by atoms with Gasteiger partial charge in [0.15, 0.2) is 0 Å². The van der Waals surface area contributed by atoms with Crippen molar-refractivity contribution >= 4 is 43.5 Å². The Kier molecular flexibility index (Phi) is 3.73. The highest BCUT2D eigenvalue weighted by molar-refractivity contribution is 9.11.